The van der Waals surface area contributed by atoms with E-state index in [0.717, 1.165) is 30.8 Å². The number of rotatable bonds is 11. The molecule has 0 aliphatic carbocycles. The van der Waals surface area contributed by atoms with Gasteiger partial charge in [0.1, 0.15) is 11.5 Å². The van der Waals surface area contributed by atoms with Gasteiger partial charge in [-0.1, -0.05) is 51.5 Å². The first-order valence-electron chi connectivity index (χ1n) is 11.0. The van der Waals surface area contributed by atoms with Gasteiger partial charge in [0.05, 0.1) is 13.7 Å². The van der Waals surface area contributed by atoms with Crippen LogP contribution in [0.2, 0.25) is 0 Å². The molecule has 1 aliphatic heterocycles. The van der Waals surface area contributed by atoms with Crippen LogP contribution >= 0.6 is 0 Å². The van der Waals surface area contributed by atoms with Crippen molar-refractivity contribution >= 4 is 0 Å². The third-order valence-electron chi connectivity index (χ3n) is 6.38. The number of aliphatic hydroxyl groups is 1. The summed E-state index contributed by atoms with van der Waals surface area (Å²) in [7, 11) is 1.70. The molecule has 0 bridgehead atoms. The second-order valence-corrected chi connectivity index (χ2v) is 8.39. The molecular weight excluding hydrogens is 362 g/mol. The predicted molar refractivity (Wildman–Crippen MR) is 117 cm³/mol. The summed E-state index contributed by atoms with van der Waals surface area (Å²) < 4.78 is 11.6. The molecule has 1 aromatic heterocycles. The third-order valence-corrected chi connectivity index (χ3v) is 6.38. The number of aliphatic hydroxyl groups excluding tert-OH is 1. The highest BCUT2D eigenvalue weighted by Gasteiger charge is 2.42. The number of hydrogen-bond donors (Lipinski definition) is 1. The number of ether oxygens (including phenoxy) is 2. The normalized spacial score (nSPS) is 20.7. The van der Waals surface area contributed by atoms with Gasteiger partial charge in [-0.2, -0.15) is 0 Å². The van der Waals surface area contributed by atoms with Crippen LogP contribution in [0.1, 0.15) is 75.3 Å². The van der Waals surface area contributed by atoms with Gasteiger partial charge in [-0.15, -0.1) is 0 Å². The zero-order valence-electron chi connectivity index (χ0n) is 17.9. The zero-order valence-corrected chi connectivity index (χ0v) is 17.9. The lowest BCUT2D eigenvalue weighted by Crippen LogP contribution is -2.40. The van der Waals surface area contributed by atoms with Gasteiger partial charge in [0.15, 0.2) is 0 Å². The Kier molecular flexibility index (Phi) is 7.93. The number of pyridine rings is 1. The second kappa shape index (κ2) is 10.6. The quantitative estimate of drug-likeness (QED) is 0.499. The lowest BCUT2D eigenvalue weighted by Gasteiger charge is -2.43. The van der Waals surface area contributed by atoms with E-state index in [-0.39, 0.29) is 5.41 Å². The molecule has 2 unspecified atom stereocenters. The first-order valence-corrected chi connectivity index (χ1v) is 11.0. The molecule has 0 amide bonds. The first kappa shape index (κ1) is 21.6. The van der Waals surface area contributed by atoms with E-state index in [4.69, 9.17) is 14.6 Å². The minimum atomic E-state index is -0.0638. The third kappa shape index (κ3) is 5.30. The van der Waals surface area contributed by atoms with Gasteiger partial charge in [-0.3, -0.25) is 4.98 Å². The van der Waals surface area contributed by atoms with Gasteiger partial charge in [0, 0.05) is 36.4 Å². The van der Waals surface area contributed by atoms with Crippen LogP contribution in [0.4, 0.5) is 0 Å². The van der Waals surface area contributed by atoms with Gasteiger partial charge >= 0.3 is 0 Å². The van der Waals surface area contributed by atoms with Crippen LogP contribution in [-0.2, 0) is 5.41 Å². The number of benzene rings is 1. The van der Waals surface area contributed by atoms with E-state index in [1.807, 2.05) is 18.5 Å². The zero-order chi connectivity index (χ0) is 20.5. The van der Waals surface area contributed by atoms with Crippen LogP contribution in [0.3, 0.4) is 0 Å². The van der Waals surface area contributed by atoms with Crippen LogP contribution in [0, 0.1) is 0 Å². The molecule has 1 N–H and O–H groups in total. The fraction of sp³-hybridized carbons (Fsp3) is 0.560. The number of nitrogens with zero attached hydrogens (tertiary/aromatic N) is 1. The summed E-state index contributed by atoms with van der Waals surface area (Å²) >= 11 is 0. The smallest absolute Gasteiger partial charge is 0.126 e. The Hall–Kier alpha value is -2.07. The molecule has 0 fully saturated rings. The Morgan fingerprint density at radius 2 is 1.72 bits per heavy atom. The van der Waals surface area contributed by atoms with E-state index in [2.05, 4.69) is 36.2 Å². The van der Waals surface area contributed by atoms with Crippen molar-refractivity contribution in [3.05, 3.63) is 53.9 Å². The summed E-state index contributed by atoms with van der Waals surface area (Å²) in [6.07, 6.45) is 13.2. The lowest BCUT2D eigenvalue weighted by atomic mass is 9.66. The van der Waals surface area contributed by atoms with Crippen molar-refractivity contribution in [3.8, 4) is 11.5 Å². The van der Waals surface area contributed by atoms with Crippen molar-refractivity contribution < 1.29 is 14.6 Å². The van der Waals surface area contributed by atoms with Crippen LogP contribution in [0.25, 0.3) is 0 Å². The second-order valence-electron chi connectivity index (χ2n) is 8.39. The summed E-state index contributed by atoms with van der Waals surface area (Å²) in [4.78, 5) is 4.21. The maximum atomic E-state index is 8.89. The van der Waals surface area contributed by atoms with Gasteiger partial charge in [-0.05, 0) is 42.2 Å². The van der Waals surface area contributed by atoms with E-state index in [1.54, 1.807) is 7.11 Å². The van der Waals surface area contributed by atoms with Gasteiger partial charge in [-0.25, -0.2) is 0 Å². The molecular formula is C25H35NO3. The Bertz CT molecular complexity index is 749. The van der Waals surface area contributed by atoms with Crippen molar-refractivity contribution in [2.75, 3.05) is 20.3 Å². The fourth-order valence-electron chi connectivity index (χ4n) is 4.56. The highest BCUT2D eigenvalue weighted by molar-refractivity contribution is 5.47. The number of fused-ring (bicyclic) bond motifs is 1. The summed E-state index contributed by atoms with van der Waals surface area (Å²) in [6, 6.07) is 10.5. The molecule has 1 aromatic carbocycles. The number of hydrogen-bond acceptors (Lipinski definition) is 4. The molecule has 0 saturated heterocycles. The molecule has 1 aliphatic rings. The summed E-state index contributed by atoms with van der Waals surface area (Å²) in [6.45, 7) is 3.32. The number of aromatic nitrogens is 1. The minimum Gasteiger partial charge on any atom is -0.497 e. The Morgan fingerprint density at radius 1 is 1.03 bits per heavy atom. The highest BCUT2D eigenvalue weighted by Crippen LogP contribution is 2.49. The van der Waals surface area contributed by atoms with E-state index in [0.29, 0.717) is 19.1 Å². The first-order chi connectivity index (χ1) is 14.2. The summed E-state index contributed by atoms with van der Waals surface area (Å²) in [5, 5.41) is 8.89. The predicted octanol–water partition coefficient (Wildman–Crippen LogP) is 5.64. The van der Waals surface area contributed by atoms with Gasteiger partial charge in [0.25, 0.3) is 0 Å². The average Bonchev–Trinajstić information content (AvgIpc) is 2.77. The minimum absolute atomic E-state index is 0.0638. The molecule has 0 spiro atoms. The van der Waals surface area contributed by atoms with Crippen LogP contribution in [-0.4, -0.2) is 30.4 Å². The van der Waals surface area contributed by atoms with Crippen molar-refractivity contribution in [3.63, 3.8) is 0 Å². The standard InChI is InChI=1S/C25H35NO3/c1-25(20-13-15-26-16-14-20)19-29-24-18-21(28-2)11-12-22(24)23(25)10-8-6-4-3-5-7-9-17-27/h11-16,18,23,27H,3-10,17,19H2,1-2H3. The van der Waals surface area contributed by atoms with Gasteiger partial charge in [0.2, 0.25) is 0 Å². The van der Waals surface area contributed by atoms with Crippen LogP contribution in [0.5, 0.6) is 11.5 Å². The van der Waals surface area contributed by atoms with E-state index < -0.39 is 0 Å². The molecule has 29 heavy (non-hydrogen) atoms. The van der Waals surface area contributed by atoms with Crippen molar-refractivity contribution in [1.82, 2.24) is 4.98 Å². The molecule has 0 saturated carbocycles. The monoisotopic (exact) mass is 397 g/mol. The fourth-order valence-corrected chi connectivity index (χ4v) is 4.56. The number of unbranched alkanes of at least 4 members (excludes halogenated alkanes) is 6. The molecule has 2 atom stereocenters. The Morgan fingerprint density at radius 3 is 2.41 bits per heavy atom. The molecule has 0 radical (unpaired) electrons. The molecule has 3 rings (SSSR count). The molecule has 4 nitrogen and oxygen atoms in total. The van der Waals surface area contributed by atoms with E-state index in [9.17, 15) is 0 Å². The SMILES string of the molecule is COc1ccc2c(c1)OCC(C)(c1ccncc1)C2CCCCCCCCCO. The molecule has 2 heterocycles. The Labute approximate surface area is 175 Å². The van der Waals surface area contributed by atoms with Crippen molar-refractivity contribution in [2.24, 2.45) is 0 Å². The van der Waals surface area contributed by atoms with Crippen LogP contribution in [0.15, 0.2) is 42.7 Å². The summed E-state index contributed by atoms with van der Waals surface area (Å²) in [5.74, 6) is 2.22. The van der Waals surface area contributed by atoms with Crippen LogP contribution < -0.4 is 9.47 Å². The molecule has 158 valence electrons. The van der Waals surface area contributed by atoms with E-state index >= 15 is 0 Å². The average molecular weight is 398 g/mol. The van der Waals surface area contributed by atoms with E-state index in [1.165, 1.54) is 43.2 Å². The largest absolute Gasteiger partial charge is 0.497 e. The Balaban J connectivity index is 1.70. The maximum Gasteiger partial charge on any atom is 0.126 e. The maximum absolute atomic E-state index is 8.89. The van der Waals surface area contributed by atoms with Crippen molar-refractivity contribution in [1.29, 1.82) is 0 Å². The summed E-state index contributed by atoms with van der Waals surface area (Å²) in [5.41, 5.74) is 2.52. The van der Waals surface area contributed by atoms with Gasteiger partial charge < -0.3 is 14.6 Å². The highest BCUT2D eigenvalue weighted by atomic mass is 16.5. The molecule has 2 aromatic rings. The number of methoxy groups -OCH3 is 1. The topological polar surface area (TPSA) is 51.6 Å². The molecule has 4 heteroatoms. The van der Waals surface area contributed by atoms with Crippen molar-refractivity contribution in [2.45, 2.75) is 69.6 Å². The lowest BCUT2D eigenvalue weighted by molar-refractivity contribution is 0.162.